The fourth-order valence-electron chi connectivity index (χ4n) is 2.58. The molecule has 0 bridgehead atoms. The molecule has 8 nitrogen and oxygen atoms in total. The molecule has 1 aromatic heterocycles. The summed E-state index contributed by atoms with van der Waals surface area (Å²) in [4.78, 5) is 37.2. The van der Waals surface area contributed by atoms with Gasteiger partial charge in [-0.25, -0.2) is 0 Å². The van der Waals surface area contributed by atoms with E-state index in [1.165, 1.54) is 12.3 Å². The average molecular weight is 328 g/mol. The van der Waals surface area contributed by atoms with E-state index in [2.05, 4.69) is 20.3 Å². The van der Waals surface area contributed by atoms with Gasteiger partial charge in [-0.15, -0.1) is 0 Å². The fraction of sp³-hybridized carbons (Fsp3) is 0.250. The number of anilines is 3. The number of carbonyl (C=O) groups excluding carboxylic acids is 3. The van der Waals surface area contributed by atoms with Crippen molar-refractivity contribution in [2.45, 2.75) is 19.8 Å². The third-order valence-electron chi connectivity index (χ3n) is 3.70. The molecule has 2 N–H and O–H groups in total. The molecule has 1 aliphatic rings. The number of aromatic nitrogens is 1. The van der Waals surface area contributed by atoms with Crippen LogP contribution >= 0.6 is 0 Å². The second-order valence-electron chi connectivity index (χ2n) is 5.44. The SMILES string of the molecule is Cc1cc(NC(=O)C(=O)Nc2ccon2)ccc1N1CCCC1=O. The first-order valence-corrected chi connectivity index (χ1v) is 7.48. The molecule has 3 amide bonds. The van der Waals surface area contributed by atoms with Gasteiger partial charge in [-0.05, 0) is 37.1 Å². The van der Waals surface area contributed by atoms with Gasteiger partial charge in [0.2, 0.25) is 5.91 Å². The Morgan fingerprint density at radius 3 is 2.62 bits per heavy atom. The van der Waals surface area contributed by atoms with Crippen LogP contribution in [0.5, 0.6) is 0 Å². The molecule has 124 valence electrons. The summed E-state index contributed by atoms with van der Waals surface area (Å²) in [6.07, 6.45) is 2.69. The van der Waals surface area contributed by atoms with E-state index >= 15 is 0 Å². The monoisotopic (exact) mass is 328 g/mol. The van der Waals surface area contributed by atoms with Crippen molar-refractivity contribution in [3.63, 3.8) is 0 Å². The maximum atomic E-state index is 11.9. The number of hydrogen-bond acceptors (Lipinski definition) is 5. The highest BCUT2D eigenvalue weighted by molar-refractivity contribution is 6.43. The van der Waals surface area contributed by atoms with Gasteiger partial charge in [0, 0.05) is 30.4 Å². The Morgan fingerprint density at radius 1 is 1.21 bits per heavy atom. The minimum absolute atomic E-state index is 0.0990. The second-order valence-corrected chi connectivity index (χ2v) is 5.44. The fourth-order valence-corrected chi connectivity index (χ4v) is 2.58. The molecule has 8 heteroatoms. The molecular weight excluding hydrogens is 312 g/mol. The molecule has 2 heterocycles. The molecule has 1 aromatic carbocycles. The van der Waals surface area contributed by atoms with Gasteiger partial charge >= 0.3 is 11.8 Å². The molecule has 1 saturated heterocycles. The summed E-state index contributed by atoms with van der Waals surface area (Å²) < 4.78 is 4.57. The summed E-state index contributed by atoms with van der Waals surface area (Å²) in [5.74, 6) is -1.40. The lowest BCUT2D eigenvalue weighted by Gasteiger charge is -2.19. The zero-order valence-electron chi connectivity index (χ0n) is 13.0. The van der Waals surface area contributed by atoms with Gasteiger partial charge in [0.15, 0.2) is 5.82 Å². The van der Waals surface area contributed by atoms with Crippen molar-refractivity contribution in [3.05, 3.63) is 36.1 Å². The Balaban J connectivity index is 1.67. The molecule has 1 aliphatic heterocycles. The van der Waals surface area contributed by atoms with Gasteiger partial charge in [0.05, 0.1) is 0 Å². The van der Waals surface area contributed by atoms with Crippen molar-refractivity contribution in [3.8, 4) is 0 Å². The van der Waals surface area contributed by atoms with Crippen molar-refractivity contribution >= 4 is 34.9 Å². The topological polar surface area (TPSA) is 105 Å². The minimum atomic E-state index is -0.847. The zero-order chi connectivity index (χ0) is 17.1. The molecule has 24 heavy (non-hydrogen) atoms. The summed E-state index contributed by atoms with van der Waals surface area (Å²) in [6.45, 7) is 2.55. The molecule has 0 radical (unpaired) electrons. The third kappa shape index (κ3) is 3.27. The Morgan fingerprint density at radius 2 is 2.00 bits per heavy atom. The molecule has 1 fully saturated rings. The summed E-state index contributed by atoms with van der Waals surface area (Å²) in [6, 6.07) is 6.58. The lowest BCUT2D eigenvalue weighted by atomic mass is 10.1. The molecule has 0 saturated carbocycles. The Bertz CT molecular complexity index is 785. The predicted molar refractivity (Wildman–Crippen MR) is 86.5 cm³/mol. The van der Waals surface area contributed by atoms with Crippen LogP contribution in [0, 0.1) is 6.92 Å². The highest BCUT2D eigenvalue weighted by Crippen LogP contribution is 2.27. The smallest absolute Gasteiger partial charge is 0.315 e. The van der Waals surface area contributed by atoms with E-state index in [0.29, 0.717) is 18.7 Å². The second kappa shape index (κ2) is 6.53. The van der Waals surface area contributed by atoms with Gasteiger partial charge < -0.3 is 14.7 Å². The van der Waals surface area contributed by atoms with E-state index in [1.807, 2.05) is 6.92 Å². The molecule has 0 aliphatic carbocycles. The first-order chi connectivity index (χ1) is 11.5. The Kier molecular flexibility index (Phi) is 4.28. The molecule has 3 rings (SSSR count). The van der Waals surface area contributed by atoms with Crippen LogP contribution in [0.25, 0.3) is 0 Å². The van der Waals surface area contributed by atoms with Crippen LogP contribution in [-0.2, 0) is 14.4 Å². The number of hydrogen-bond donors (Lipinski definition) is 2. The number of nitrogens with zero attached hydrogens (tertiary/aromatic N) is 2. The molecule has 2 aromatic rings. The van der Waals surface area contributed by atoms with Crippen LogP contribution in [0.3, 0.4) is 0 Å². The highest BCUT2D eigenvalue weighted by atomic mass is 16.5. The molecule has 0 spiro atoms. The zero-order valence-corrected chi connectivity index (χ0v) is 13.0. The highest BCUT2D eigenvalue weighted by Gasteiger charge is 2.23. The quantitative estimate of drug-likeness (QED) is 0.834. The first-order valence-electron chi connectivity index (χ1n) is 7.48. The van der Waals surface area contributed by atoms with Gasteiger partial charge in [0.25, 0.3) is 0 Å². The van der Waals surface area contributed by atoms with Crippen molar-refractivity contribution in [1.29, 1.82) is 0 Å². The van der Waals surface area contributed by atoms with Crippen molar-refractivity contribution in [2.75, 3.05) is 22.1 Å². The Hall–Kier alpha value is -3.16. The van der Waals surface area contributed by atoms with Crippen molar-refractivity contribution < 1.29 is 18.9 Å². The number of aryl methyl sites for hydroxylation is 1. The average Bonchev–Trinajstić information content (AvgIpc) is 3.19. The Labute approximate surface area is 137 Å². The summed E-state index contributed by atoms with van der Waals surface area (Å²) >= 11 is 0. The number of rotatable bonds is 3. The first kappa shape index (κ1) is 15.7. The van der Waals surface area contributed by atoms with E-state index in [0.717, 1.165) is 17.7 Å². The number of amides is 3. The summed E-state index contributed by atoms with van der Waals surface area (Å²) in [7, 11) is 0. The summed E-state index contributed by atoms with van der Waals surface area (Å²) in [5, 5.41) is 8.32. The predicted octanol–water partition coefficient (Wildman–Crippen LogP) is 1.69. The van der Waals surface area contributed by atoms with E-state index in [4.69, 9.17) is 0 Å². The van der Waals surface area contributed by atoms with E-state index in [1.54, 1.807) is 23.1 Å². The molecular formula is C16H16N4O4. The van der Waals surface area contributed by atoms with Crippen LogP contribution in [0.2, 0.25) is 0 Å². The molecule has 0 atom stereocenters. The van der Waals surface area contributed by atoms with Crippen LogP contribution in [0.4, 0.5) is 17.2 Å². The van der Waals surface area contributed by atoms with Crippen LogP contribution in [0.1, 0.15) is 18.4 Å². The maximum absolute atomic E-state index is 11.9. The van der Waals surface area contributed by atoms with Gasteiger partial charge in [-0.2, -0.15) is 0 Å². The van der Waals surface area contributed by atoms with Crippen molar-refractivity contribution in [2.24, 2.45) is 0 Å². The third-order valence-corrected chi connectivity index (χ3v) is 3.70. The molecule has 0 unspecified atom stereocenters. The number of carbonyl (C=O) groups is 3. The van der Waals surface area contributed by atoms with E-state index in [9.17, 15) is 14.4 Å². The van der Waals surface area contributed by atoms with E-state index in [-0.39, 0.29) is 11.7 Å². The lowest BCUT2D eigenvalue weighted by molar-refractivity contribution is -0.133. The number of nitrogens with one attached hydrogen (secondary N) is 2. The van der Waals surface area contributed by atoms with Crippen LogP contribution < -0.4 is 15.5 Å². The summed E-state index contributed by atoms with van der Waals surface area (Å²) in [5.41, 5.74) is 2.14. The van der Waals surface area contributed by atoms with E-state index < -0.39 is 11.8 Å². The minimum Gasteiger partial charge on any atom is -0.363 e. The van der Waals surface area contributed by atoms with Crippen LogP contribution in [-0.4, -0.2) is 29.4 Å². The van der Waals surface area contributed by atoms with Crippen molar-refractivity contribution in [1.82, 2.24) is 5.16 Å². The van der Waals surface area contributed by atoms with Gasteiger partial charge in [-0.1, -0.05) is 5.16 Å². The maximum Gasteiger partial charge on any atom is 0.315 e. The lowest BCUT2D eigenvalue weighted by Crippen LogP contribution is -2.29. The standard InChI is InChI=1S/C16H16N4O4/c1-10-9-11(4-5-12(10)20-7-2-3-14(20)21)17-15(22)16(23)18-13-6-8-24-19-13/h4-6,8-9H,2-3,7H2,1H3,(H,17,22)(H,18,19,23). The largest absolute Gasteiger partial charge is 0.363 e. The van der Waals surface area contributed by atoms with Crippen LogP contribution in [0.15, 0.2) is 35.1 Å². The van der Waals surface area contributed by atoms with Gasteiger partial charge in [0.1, 0.15) is 6.26 Å². The van der Waals surface area contributed by atoms with Gasteiger partial charge in [-0.3, -0.25) is 19.7 Å². The normalized spacial score (nSPS) is 13.9. The number of benzene rings is 1.